The van der Waals surface area contributed by atoms with E-state index in [-0.39, 0.29) is 37.2 Å². The van der Waals surface area contributed by atoms with E-state index < -0.39 is 30.9 Å². The van der Waals surface area contributed by atoms with Gasteiger partial charge in [-0.3, -0.25) is 4.79 Å². The molecule has 1 aromatic carbocycles. The van der Waals surface area contributed by atoms with Gasteiger partial charge in [-0.2, -0.15) is 0 Å². The number of benzene rings is 1. The first-order valence-corrected chi connectivity index (χ1v) is 13.7. The molecule has 1 aromatic rings. The fraction of sp³-hybridized carbons (Fsp3) is 0.655. The molecule has 0 spiro atoms. The van der Waals surface area contributed by atoms with E-state index >= 15 is 0 Å². The fourth-order valence-electron chi connectivity index (χ4n) is 4.88. The molecular formula is C29H45NO10. The van der Waals surface area contributed by atoms with Gasteiger partial charge in [0, 0.05) is 30.7 Å². The van der Waals surface area contributed by atoms with Crippen LogP contribution in [0.5, 0.6) is 11.5 Å². The van der Waals surface area contributed by atoms with Crippen molar-refractivity contribution in [2.75, 3.05) is 53.8 Å². The number of phenols is 1. The second-order valence-electron chi connectivity index (χ2n) is 9.92. The topological polar surface area (TPSA) is 167 Å². The average Bonchev–Trinajstić information content (AvgIpc) is 2.93. The Morgan fingerprint density at radius 1 is 1.20 bits per heavy atom. The highest BCUT2D eigenvalue weighted by atomic mass is 16.7. The molecule has 226 valence electrons. The highest BCUT2D eigenvalue weighted by Gasteiger charge is 2.48. The van der Waals surface area contributed by atoms with Gasteiger partial charge >= 0.3 is 5.97 Å². The first-order chi connectivity index (χ1) is 19.2. The molecule has 0 heterocycles. The minimum Gasteiger partial charge on any atom is -0.507 e. The molecule has 1 aliphatic carbocycles. The van der Waals surface area contributed by atoms with Gasteiger partial charge in [-0.25, -0.2) is 0 Å². The van der Waals surface area contributed by atoms with Crippen LogP contribution in [-0.2, 0) is 35.0 Å². The Balaban J connectivity index is 2.72. The Bertz CT molecular complexity index is 1110. The molecule has 3 atom stereocenters. The lowest BCUT2D eigenvalue weighted by molar-refractivity contribution is -0.260. The van der Waals surface area contributed by atoms with E-state index in [1.807, 2.05) is 13.0 Å². The summed E-state index contributed by atoms with van der Waals surface area (Å²) in [4.78, 5) is 23.9. The molecule has 2 rings (SSSR count). The summed E-state index contributed by atoms with van der Waals surface area (Å²) in [6, 6.07) is 0. The zero-order valence-corrected chi connectivity index (χ0v) is 24.1. The molecule has 0 aliphatic heterocycles. The summed E-state index contributed by atoms with van der Waals surface area (Å²) in [7, 11) is 3.00. The molecule has 1 aliphatic rings. The number of ether oxygens (including phenoxy) is 5. The second kappa shape index (κ2) is 16.5. The summed E-state index contributed by atoms with van der Waals surface area (Å²) in [6.45, 7) is 2.82. The SMILES string of the molecule is COCCOC(=O)C(CO)C(CO)(OCCCCN)OC1=c2c(O)c(C)c(CCCC=O)c(OC)c2=CC(C)C1. The van der Waals surface area contributed by atoms with Crippen LogP contribution in [0.15, 0.2) is 0 Å². The van der Waals surface area contributed by atoms with Crippen LogP contribution in [0.3, 0.4) is 0 Å². The molecule has 5 N–H and O–H groups in total. The molecule has 40 heavy (non-hydrogen) atoms. The summed E-state index contributed by atoms with van der Waals surface area (Å²) < 4.78 is 28.4. The number of hydrogen-bond acceptors (Lipinski definition) is 11. The number of carbonyl (C=O) groups is 2. The number of unbranched alkanes of at least 4 members (excludes halogenated alkanes) is 2. The maximum Gasteiger partial charge on any atom is 0.318 e. The van der Waals surface area contributed by atoms with Crippen molar-refractivity contribution in [3.05, 3.63) is 21.6 Å². The Kier molecular flexibility index (Phi) is 13.9. The Labute approximate surface area is 235 Å². The van der Waals surface area contributed by atoms with Crippen molar-refractivity contribution >= 4 is 24.1 Å². The number of rotatable bonds is 19. The molecule has 11 nitrogen and oxygen atoms in total. The summed E-state index contributed by atoms with van der Waals surface area (Å²) in [6.07, 6.45) is 5.80. The molecule has 0 saturated heterocycles. The average molecular weight is 568 g/mol. The predicted octanol–water partition coefficient (Wildman–Crippen LogP) is 0.418. The third-order valence-electron chi connectivity index (χ3n) is 7.01. The molecular weight excluding hydrogens is 522 g/mol. The summed E-state index contributed by atoms with van der Waals surface area (Å²) in [5.74, 6) is -3.51. The molecule has 0 saturated carbocycles. The van der Waals surface area contributed by atoms with Crippen molar-refractivity contribution in [1.82, 2.24) is 0 Å². The van der Waals surface area contributed by atoms with Crippen LogP contribution >= 0.6 is 0 Å². The van der Waals surface area contributed by atoms with Crippen molar-refractivity contribution in [2.24, 2.45) is 17.6 Å². The van der Waals surface area contributed by atoms with Crippen molar-refractivity contribution in [3.63, 3.8) is 0 Å². The monoisotopic (exact) mass is 567 g/mol. The highest BCUT2D eigenvalue weighted by molar-refractivity contribution is 5.74. The van der Waals surface area contributed by atoms with Crippen LogP contribution < -0.4 is 20.9 Å². The zero-order valence-electron chi connectivity index (χ0n) is 24.1. The van der Waals surface area contributed by atoms with Crippen LogP contribution in [0, 0.1) is 18.8 Å². The first-order valence-electron chi connectivity index (χ1n) is 13.7. The Morgan fingerprint density at radius 2 is 1.95 bits per heavy atom. The van der Waals surface area contributed by atoms with Gasteiger partial charge in [0.05, 0.1) is 32.1 Å². The molecule has 11 heteroatoms. The second-order valence-corrected chi connectivity index (χ2v) is 9.92. The molecule has 0 fully saturated rings. The predicted molar refractivity (Wildman–Crippen MR) is 148 cm³/mol. The van der Waals surface area contributed by atoms with Crippen LogP contribution in [0.1, 0.15) is 50.2 Å². The van der Waals surface area contributed by atoms with Gasteiger partial charge in [0.25, 0.3) is 0 Å². The number of aliphatic hydroxyl groups excluding tert-OH is 2. The molecule has 3 unspecified atom stereocenters. The number of aldehydes is 1. The highest BCUT2D eigenvalue weighted by Crippen LogP contribution is 2.34. The molecule has 0 bridgehead atoms. The van der Waals surface area contributed by atoms with Gasteiger partial charge in [0.2, 0.25) is 5.79 Å². The molecule has 0 radical (unpaired) electrons. The lowest BCUT2D eigenvalue weighted by atomic mass is 9.90. The smallest absolute Gasteiger partial charge is 0.318 e. The first kappa shape index (κ1) is 33.5. The van der Waals surface area contributed by atoms with Crippen molar-refractivity contribution in [2.45, 2.75) is 58.2 Å². The van der Waals surface area contributed by atoms with Gasteiger partial charge in [-0.05, 0) is 50.6 Å². The van der Waals surface area contributed by atoms with Gasteiger partial charge in [-0.15, -0.1) is 0 Å². The number of aliphatic hydroxyl groups is 2. The number of phenolic OH excluding ortho intramolecular Hbond substituents is 1. The largest absolute Gasteiger partial charge is 0.507 e. The Hall–Kier alpha value is -2.70. The number of hydrogen-bond donors (Lipinski definition) is 4. The van der Waals surface area contributed by atoms with E-state index in [2.05, 4.69) is 0 Å². The number of methoxy groups -OCH3 is 2. The van der Waals surface area contributed by atoms with E-state index in [1.165, 1.54) is 7.11 Å². The molecule has 0 aromatic heterocycles. The minimum atomic E-state index is -2.01. The van der Waals surface area contributed by atoms with Crippen molar-refractivity contribution < 1.29 is 48.6 Å². The van der Waals surface area contributed by atoms with Gasteiger partial charge in [-0.1, -0.05) is 13.0 Å². The summed E-state index contributed by atoms with van der Waals surface area (Å²) in [5.41, 5.74) is 6.97. The molecule has 0 amide bonds. The van der Waals surface area contributed by atoms with Crippen LogP contribution in [0.4, 0.5) is 0 Å². The van der Waals surface area contributed by atoms with E-state index in [1.54, 1.807) is 14.0 Å². The van der Waals surface area contributed by atoms with Gasteiger partial charge < -0.3 is 49.5 Å². The van der Waals surface area contributed by atoms with Crippen molar-refractivity contribution in [1.29, 1.82) is 0 Å². The van der Waals surface area contributed by atoms with Crippen LogP contribution in [0.25, 0.3) is 11.8 Å². The minimum absolute atomic E-state index is 0.0340. The van der Waals surface area contributed by atoms with Crippen LogP contribution in [-0.4, -0.2) is 87.2 Å². The van der Waals surface area contributed by atoms with E-state index in [0.29, 0.717) is 66.8 Å². The number of carbonyl (C=O) groups excluding carboxylic acids is 2. The van der Waals surface area contributed by atoms with E-state index in [0.717, 1.165) is 11.8 Å². The number of nitrogens with two attached hydrogens (primary N) is 1. The van der Waals surface area contributed by atoms with E-state index in [4.69, 9.17) is 29.4 Å². The number of fused-ring (bicyclic) bond motifs is 1. The lowest BCUT2D eigenvalue weighted by Gasteiger charge is -2.38. The summed E-state index contributed by atoms with van der Waals surface area (Å²) in [5, 5.41) is 33.3. The number of esters is 1. The normalized spacial score (nSPS) is 16.9. The fourth-order valence-corrected chi connectivity index (χ4v) is 4.88. The standard InChI is InChI=1S/C29H45NO10/c1-19-15-22-25(26(34)20(2)21(27(22)37-4)9-5-7-11-31)24(16-19)40-29(18-33,39-12-8-6-10-30)23(17-32)28(35)38-14-13-36-3/h11,15,19,23,32-34H,5-10,12-14,16-18,30H2,1-4H3. The Morgan fingerprint density at radius 3 is 2.55 bits per heavy atom. The number of aromatic hydroxyl groups is 1. The van der Waals surface area contributed by atoms with Crippen molar-refractivity contribution in [3.8, 4) is 11.5 Å². The lowest BCUT2D eigenvalue weighted by Crippen LogP contribution is -2.53. The quantitative estimate of drug-likeness (QED) is 0.0792. The van der Waals surface area contributed by atoms with Gasteiger partial charge in [0.15, 0.2) is 0 Å². The maximum absolute atomic E-state index is 13.0. The zero-order chi connectivity index (χ0) is 29.7. The third kappa shape index (κ3) is 7.94. The van der Waals surface area contributed by atoms with E-state index in [9.17, 15) is 24.9 Å². The third-order valence-corrected chi connectivity index (χ3v) is 7.01. The summed E-state index contributed by atoms with van der Waals surface area (Å²) >= 11 is 0. The van der Waals surface area contributed by atoms with Crippen LogP contribution in [0.2, 0.25) is 0 Å². The maximum atomic E-state index is 13.0. The van der Waals surface area contributed by atoms with Gasteiger partial charge in [0.1, 0.15) is 42.7 Å².